The van der Waals surface area contributed by atoms with E-state index in [1.54, 1.807) is 0 Å². The van der Waals surface area contributed by atoms with Crippen LogP contribution in [0.4, 0.5) is 0 Å². The van der Waals surface area contributed by atoms with Crippen LogP contribution in [0.1, 0.15) is 0 Å². The van der Waals surface area contributed by atoms with Crippen LogP contribution in [0.25, 0.3) is 0 Å². The maximum absolute atomic E-state index is 9.63. The van der Waals surface area contributed by atoms with Crippen molar-refractivity contribution < 1.29 is 109 Å². The summed E-state index contributed by atoms with van der Waals surface area (Å²) in [4.78, 5) is 0. The summed E-state index contributed by atoms with van der Waals surface area (Å²) >= 11 is 0. The van der Waals surface area contributed by atoms with Crippen LogP contribution < -0.4 is 16.9 Å². The molecule has 0 unspecified atom stereocenters. The number of hydrogen-bond donors (Lipinski definition) is 9. The van der Waals surface area contributed by atoms with Crippen LogP contribution in [0, 0.1) is 0 Å². The van der Waals surface area contributed by atoms with E-state index in [0.717, 1.165) is 16.9 Å². The van der Waals surface area contributed by atoms with E-state index < -0.39 is 62.4 Å². The van der Waals surface area contributed by atoms with Gasteiger partial charge in [-0.2, -0.15) is 50.5 Å². The second-order valence-corrected chi connectivity index (χ2v) is 9.45. The fourth-order valence-corrected chi connectivity index (χ4v) is 1.15. The second-order valence-electron chi connectivity index (χ2n) is 3.32. The molecule has 0 radical (unpaired) electrons. The summed E-state index contributed by atoms with van der Waals surface area (Å²) < 4.78 is 181. The Morgan fingerprint density at radius 3 is 0.459 bits per heavy atom. The Balaban J connectivity index is -0.0000000692. The number of rotatable bonds is 12. The van der Waals surface area contributed by atoms with Crippen molar-refractivity contribution in [1.82, 2.24) is 16.9 Å². The van der Waals surface area contributed by atoms with Gasteiger partial charge in [0.05, 0.1) is 0 Å². The van der Waals surface area contributed by atoms with Crippen molar-refractivity contribution in [3.63, 3.8) is 0 Å². The molecule has 0 atom stereocenters. The third-order valence-corrected chi connectivity index (χ3v) is 2.51. The zero-order chi connectivity index (χ0) is 27.4. The Morgan fingerprint density at radius 2 is 0.405 bits per heavy atom. The molecule has 0 saturated carbocycles. The monoisotopic (exact) mass is 717 g/mol. The van der Waals surface area contributed by atoms with Crippen LogP contribution in [0.15, 0.2) is 0 Å². The molecule has 37 heteroatoms. The average molecular weight is 717 g/mol. The molecule has 0 saturated heterocycles. The van der Waals surface area contributed by atoms with Gasteiger partial charge < -0.3 is 5.48 Å². The first-order chi connectivity index (χ1) is 14.1. The van der Waals surface area contributed by atoms with E-state index in [0.29, 0.717) is 0 Å². The van der Waals surface area contributed by atoms with Crippen molar-refractivity contribution in [2.24, 2.45) is 0 Å². The quantitative estimate of drug-likeness (QED) is 0.0514. The summed E-state index contributed by atoms with van der Waals surface area (Å²) in [5, 5.41) is 0. The predicted molar refractivity (Wildman–Crippen MR) is 110 cm³/mol. The van der Waals surface area contributed by atoms with E-state index in [2.05, 4.69) is 25.7 Å². The van der Waals surface area contributed by atoms with Crippen LogP contribution in [0.3, 0.4) is 0 Å². The molecule has 0 rings (SSSR count). The molecule has 11 N–H and O–H groups in total. The molecule has 218 valence electrons. The summed E-state index contributed by atoms with van der Waals surface area (Å²) in [6.07, 6.45) is 0. The van der Waals surface area contributed by atoms with Gasteiger partial charge in [-0.05, 0) is 16.9 Å². The molecule has 0 aromatic carbocycles. The molecular weight excluding hydrogens is 703 g/mol. The molecule has 0 heterocycles. The normalized spacial score (nSPS) is 11.8. The first-order valence-corrected chi connectivity index (χ1v) is 13.5. The van der Waals surface area contributed by atoms with Gasteiger partial charge in [0, 0.05) is 0 Å². The molecule has 0 aliphatic heterocycles. The Hall–Kier alpha value is 2.06. The summed E-state index contributed by atoms with van der Waals surface area (Å²) in [6.45, 7) is 0. The van der Waals surface area contributed by atoms with Crippen molar-refractivity contribution in [3.05, 3.63) is 0 Å². The topological polar surface area (TPSA) is 449 Å². The Kier molecular flexibility index (Phi) is 35.1. The van der Waals surface area contributed by atoms with E-state index in [9.17, 15) is 50.5 Å². The van der Waals surface area contributed by atoms with Gasteiger partial charge in [0.2, 0.25) is 0 Å². The van der Waals surface area contributed by atoms with Crippen molar-refractivity contribution in [1.29, 1.82) is 0 Å². The van der Waals surface area contributed by atoms with Crippen molar-refractivity contribution >= 4 is 151 Å². The molecule has 37 heavy (non-hydrogen) atoms. The molecular formula is H14N3Na3O25S6. The minimum atomic E-state index is -4.86. The van der Waals surface area contributed by atoms with Gasteiger partial charge in [-0.1, -0.05) is 0 Å². The molecule has 28 nitrogen and oxygen atoms in total. The number of hydrogen-bond acceptors (Lipinski definition) is 21. The fraction of sp³-hybridized carbons (Fsp3) is 0. The molecule has 0 aromatic rings. The second kappa shape index (κ2) is 23.6. The SMILES string of the molecule is O.O=S(=O)(O)ONOS(=O)(=O)O.O=S(=O)(O)ONOS(=O)(=O)O.O=S(=O)(O)ONOS(=O)(=O)O.[NaH].[NaH].[NaH]. The van der Waals surface area contributed by atoms with Gasteiger partial charge in [-0.3, -0.25) is 27.3 Å². The van der Waals surface area contributed by atoms with E-state index in [1.165, 1.54) is 0 Å². The van der Waals surface area contributed by atoms with E-state index in [4.69, 9.17) is 27.3 Å². The van der Waals surface area contributed by atoms with Crippen LogP contribution in [-0.4, -0.2) is 172 Å². The number of nitrogens with one attached hydrogen (secondary N) is 3. The zero-order valence-electron chi connectivity index (χ0n) is 14.5. The van der Waals surface area contributed by atoms with Gasteiger partial charge in [-0.25, -0.2) is 0 Å². The third-order valence-electron chi connectivity index (χ3n) is 0.836. The Bertz CT molecular complexity index is 955. The maximum atomic E-state index is 9.63. The molecule has 0 aliphatic rings. The zero-order valence-corrected chi connectivity index (χ0v) is 19.4. The van der Waals surface area contributed by atoms with Crippen LogP contribution in [0.2, 0.25) is 0 Å². The third kappa shape index (κ3) is 72.9. The first kappa shape index (κ1) is 55.0. The van der Waals surface area contributed by atoms with Crippen LogP contribution in [-0.2, 0) is 88.1 Å². The van der Waals surface area contributed by atoms with E-state index >= 15 is 0 Å². The summed E-state index contributed by atoms with van der Waals surface area (Å²) in [7, 11) is -29.1. The van der Waals surface area contributed by atoms with Gasteiger partial charge >= 0.3 is 151 Å². The average Bonchev–Trinajstić information content (AvgIpc) is 2.39. The minimum absolute atomic E-state index is 0. The molecule has 0 aliphatic carbocycles. The van der Waals surface area contributed by atoms with Crippen molar-refractivity contribution in [2.75, 3.05) is 0 Å². The molecule has 0 aromatic heterocycles. The predicted octanol–water partition coefficient (Wildman–Crippen LogP) is -8.64. The summed E-state index contributed by atoms with van der Waals surface area (Å²) in [6, 6.07) is 0. The van der Waals surface area contributed by atoms with Gasteiger partial charge in [0.15, 0.2) is 0 Å². The standard InChI is InChI=1S/3H3NO8S2.3Na.H2O.3H/c3*2-10(3,4)8-1-9-11(5,6)7;;;;;;;/h3*1H,(H,2,3,4)(H,5,6,7);;;;1H2;;;. The Morgan fingerprint density at radius 1 is 0.324 bits per heavy atom. The summed E-state index contributed by atoms with van der Waals surface area (Å²) in [5.74, 6) is 0. The van der Waals surface area contributed by atoms with Gasteiger partial charge in [-0.15, -0.1) is 25.7 Å². The van der Waals surface area contributed by atoms with Crippen LogP contribution in [0.5, 0.6) is 0 Å². The molecule has 0 fully saturated rings. The Labute approximate surface area is 273 Å². The molecule has 0 spiro atoms. The first-order valence-electron chi connectivity index (χ1n) is 5.32. The van der Waals surface area contributed by atoms with Gasteiger partial charge in [0.1, 0.15) is 0 Å². The van der Waals surface area contributed by atoms with Crippen molar-refractivity contribution in [2.45, 2.75) is 0 Å². The van der Waals surface area contributed by atoms with Crippen molar-refractivity contribution in [3.8, 4) is 0 Å². The summed E-state index contributed by atoms with van der Waals surface area (Å²) in [5.41, 5.74) is 2.37. The fourth-order valence-electron chi connectivity index (χ4n) is 0.300. The van der Waals surface area contributed by atoms with Gasteiger partial charge in [0.25, 0.3) is 0 Å². The van der Waals surface area contributed by atoms with Crippen LogP contribution >= 0.6 is 0 Å². The van der Waals surface area contributed by atoms with E-state index in [-0.39, 0.29) is 94.1 Å². The van der Waals surface area contributed by atoms with E-state index in [1.807, 2.05) is 0 Å². The molecule has 0 amide bonds. The molecule has 0 bridgehead atoms.